The Bertz CT molecular complexity index is 859. The maximum Gasteiger partial charge on any atom is 0.180 e. The molecule has 2 aromatic rings. The zero-order valence-corrected chi connectivity index (χ0v) is 14.7. The van der Waals surface area contributed by atoms with E-state index in [0.717, 1.165) is 35.7 Å². The lowest BCUT2D eigenvalue weighted by Gasteiger charge is -2.14. The predicted octanol–water partition coefficient (Wildman–Crippen LogP) is 2.08. The van der Waals surface area contributed by atoms with Crippen LogP contribution < -0.4 is 9.75 Å². The van der Waals surface area contributed by atoms with Crippen molar-refractivity contribution in [3.05, 3.63) is 54.1 Å². The van der Waals surface area contributed by atoms with Crippen molar-refractivity contribution in [2.75, 3.05) is 31.0 Å². The topological polar surface area (TPSA) is 79.2 Å². The Labute approximate surface area is 147 Å². The molecule has 0 radical (unpaired) electrons. The molecule has 1 aliphatic heterocycles. The Hall–Kier alpha value is -2.38. The molecule has 1 N–H and O–H groups in total. The molecule has 0 bridgehead atoms. The number of benzene rings is 2. The smallest absolute Gasteiger partial charge is 0.180 e. The van der Waals surface area contributed by atoms with Gasteiger partial charge in [0.25, 0.3) is 0 Å². The van der Waals surface area contributed by atoms with Gasteiger partial charge in [-0.05, 0) is 54.1 Å². The molecule has 7 heteroatoms. The van der Waals surface area contributed by atoms with Gasteiger partial charge in [0, 0.05) is 13.0 Å². The zero-order chi connectivity index (χ0) is 17.9. The van der Waals surface area contributed by atoms with Crippen LogP contribution in [0.25, 0.3) is 0 Å². The van der Waals surface area contributed by atoms with Crippen LogP contribution in [0.15, 0.2) is 58.5 Å². The van der Waals surface area contributed by atoms with Crippen molar-refractivity contribution in [1.82, 2.24) is 0 Å². The molecule has 0 saturated heterocycles. The normalized spacial score (nSPS) is 14.5. The Balaban J connectivity index is 1.77. The molecule has 0 saturated carbocycles. The van der Waals surface area contributed by atoms with Crippen LogP contribution in [-0.2, 0) is 9.84 Å². The summed E-state index contributed by atoms with van der Waals surface area (Å²) in [5.74, 6) is 0.536. The predicted molar refractivity (Wildman–Crippen MR) is 97.1 cm³/mol. The number of hydrogen-bond donors (Lipinski definition) is 1. The van der Waals surface area contributed by atoms with Gasteiger partial charge in [-0.2, -0.15) is 5.10 Å². The average molecular weight is 360 g/mol. The van der Waals surface area contributed by atoms with Gasteiger partial charge in [0.2, 0.25) is 0 Å². The summed E-state index contributed by atoms with van der Waals surface area (Å²) in [4.78, 5) is 0.212. The van der Waals surface area contributed by atoms with E-state index in [9.17, 15) is 8.42 Å². The molecule has 0 spiro atoms. The van der Waals surface area contributed by atoms with Crippen LogP contribution in [0.3, 0.4) is 0 Å². The molecule has 0 atom stereocenters. The van der Waals surface area contributed by atoms with Gasteiger partial charge in [-0.25, -0.2) is 8.42 Å². The number of sulfone groups is 1. The van der Waals surface area contributed by atoms with Crippen LogP contribution in [0.2, 0.25) is 0 Å². The SMILES string of the molecule is COc1ccc(C2=NN(c3ccc(S(=O)(=O)CCO)cc3)CC2)cc1. The summed E-state index contributed by atoms with van der Waals surface area (Å²) >= 11 is 0. The van der Waals surface area contributed by atoms with E-state index in [4.69, 9.17) is 9.84 Å². The number of methoxy groups -OCH3 is 1. The summed E-state index contributed by atoms with van der Waals surface area (Å²) in [7, 11) is -1.79. The minimum Gasteiger partial charge on any atom is -0.497 e. The second-order valence-electron chi connectivity index (χ2n) is 5.68. The molecular weight excluding hydrogens is 340 g/mol. The van der Waals surface area contributed by atoms with Gasteiger partial charge in [0.05, 0.1) is 35.8 Å². The van der Waals surface area contributed by atoms with Crippen molar-refractivity contribution in [3.8, 4) is 5.75 Å². The highest BCUT2D eigenvalue weighted by Crippen LogP contribution is 2.24. The second-order valence-corrected chi connectivity index (χ2v) is 7.79. The van der Waals surface area contributed by atoms with Crippen molar-refractivity contribution in [2.24, 2.45) is 5.10 Å². The molecule has 25 heavy (non-hydrogen) atoms. The molecule has 0 aliphatic carbocycles. The van der Waals surface area contributed by atoms with Crippen LogP contribution in [-0.4, -0.2) is 45.3 Å². The third-order valence-electron chi connectivity index (χ3n) is 4.08. The first kappa shape index (κ1) is 17.4. The standard InChI is InChI=1S/C18H20N2O4S/c1-24-16-6-2-14(3-7-16)18-10-11-20(19-18)15-4-8-17(9-5-15)25(22,23)13-12-21/h2-9,21H,10-13H2,1H3. The molecular formula is C18H20N2O4S. The van der Waals surface area contributed by atoms with Gasteiger partial charge < -0.3 is 9.84 Å². The first-order valence-corrected chi connectivity index (χ1v) is 9.62. The molecule has 0 aromatic heterocycles. The van der Waals surface area contributed by atoms with E-state index >= 15 is 0 Å². The molecule has 2 aromatic carbocycles. The van der Waals surface area contributed by atoms with E-state index in [-0.39, 0.29) is 17.3 Å². The molecule has 3 rings (SSSR count). The van der Waals surface area contributed by atoms with Gasteiger partial charge in [-0.3, -0.25) is 5.01 Å². The number of hydrogen-bond acceptors (Lipinski definition) is 6. The Morgan fingerprint density at radius 2 is 1.80 bits per heavy atom. The second kappa shape index (κ2) is 7.25. The molecule has 1 aliphatic rings. The van der Waals surface area contributed by atoms with Crippen molar-refractivity contribution < 1.29 is 18.3 Å². The third kappa shape index (κ3) is 3.83. The minimum absolute atomic E-state index is 0.212. The van der Waals surface area contributed by atoms with Crippen molar-refractivity contribution >= 4 is 21.2 Å². The van der Waals surface area contributed by atoms with Crippen LogP contribution >= 0.6 is 0 Å². The number of aliphatic hydroxyl groups is 1. The van der Waals surface area contributed by atoms with E-state index in [1.807, 2.05) is 29.3 Å². The van der Waals surface area contributed by atoms with Crippen molar-refractivity contribution in [1.29, 1.82) is 0 Å². The molecule has 6 nitrogen and oxygen atoms in total. The molecule has 1 heterocycles. The third-order valence-corrected chi connectivity index (χ3v) is 5.79. The molecule has 0 amide bonds. The number of nitrogens with zero attached hydrogens (tertiary/aromatic N) is 2. The summed E-state index contributed by atoms with van der Waals surface area (Å²) in [5, 5.41) is 15.3. The van der Waals surface area contributed by atoms with Gasteiger partial charge in [-0.15, -0.1) is 0 Å². The lowest BCUT2D eigenvalue weighted by Crippen LogP contribution is -2.13. The molecule has 0 unspecified atom stereocenters. The number of aliphatic hydroxyl groups excluding tert-OH is 1. The quantitative estimate of drug-likeness (QED) is 0.853. The molecule has 0 fully saturated rings. The number of rotatable bonds is 6. The van der Waals surface area contributed by atoms with Gasteiger partial charge in [0.15, 0.2) is 9.84 Å². The zero-order valence-electron chi connectivity index (χ0n) is 13.9. The highest BCUT2D eigenvalue weighted by molar-refractivity contribution is 7.91. The lowest BCUT2D eigenvalue weighted by atomic mass is 10.1. The van der Waals surface area contributed by atoms with Crippen LogP contribution in [0, 0.1) is 0 Å². The fraction of sp³-hybridized carbons (Fsp3) is 0.278. The summed E-state index contributed by atoms with van der Waals surface area (Å²) in [6, 6.07) is 14.4. The number of hydrazone groups is 1. The van der Waals surface area contributed by atoms with E-state index in [2.05, 4.69) is 5.10 Å². The Morgan fingerprint density at radius 3 is 2.40 bits per heavy atom. The summed E-state index contributed by atoms with van der Waals surface area (Å²) < 4.78 is 29.0. The largest absolute Gasteiger partial charge is 0.497 e. The van der Waals surface area contributed by atoms with Gasteiger partial charge in [-0.1, -0.05) is 0 Å². The minimum atomic E-state index is -3.43. The van der Waals surface area contributed by atoms with Gasteiger partial charge >= 0.3 is 0 Å². The monoisotopic (exact) mass is 360 g/mol. The molecule has 132 valence electrons. The van der Waals surface area contributed by atoms with Crippen LogP contribution in [0.5, 0.6) is 5.75 Å². The summed E-state index contributed by atoms with van der Waals surface area (Å²) in [5.41, 5.74) is 2.87. The van der Waals surface area contributed by atoms with Gasteiger partial charge in [0.1, 0.15) is 5.75 Å². The summed E-state index contributed by atoms with van der Waals surface area (Å²) in [6.45, 7) is 0.357. The van der Waals surface area contributed by atoms with E-state index < -0.39 is 9.84 Å². The maximum absolute atomic E-state index is 11.9. The Kier molecular flexibility index (Phi) is 5.06. The van der Waals surface area contributed by atoms with E-state index in [1.54, 1.807) is 31.4 Å². The van der Waals surface area contributed by atoms with Crippen LogP contribution in [0.4, 0.5) is 5.69 Å². The number of ether oxygens (including phenoxy) is 1. The Morgan fingerprint density at radius 1 is 1.12 bits per heavy atom. The van der Waals surface area contributed by atoms with Crippen molar-refractivity contribution in [2.45, 2.75) is 11.3 Å². The van der Waals surface area contributed by atoms with E-state index in [1.165, 1.54) is 0 Å². The van der Waals surface area contributed by atoms with E-state index in [0.29, 0.717) is 0 Å². The highest BCUT2D eigenvalue weighted by atomic mass is 32.2. The van der Waals surface area contributed by atoms with Crippen LogP contribution in [0.1, 0.15) is 12.0 Å². The first-order valence-electron chi connectivity index (χ1n) is 7.96. The number of anilines is 1. The highest BCUT2D eigenvalue weighted by Gasteiger charge is 2.19. The maximum atomic E-state index is 11.9. The fourth-order valence-electron chi connectivity index (χ4n) is 2.69. The average Bonchev–Trinajstić information content (AvgIpc) is 3.12. The first-order chi connectivity index (χ1) is 12.0. The fourth-order valence-corrected chi connectivity index (χ4v) is 3.72. The summed E-state index contributed by atoms with van der Waals surface area (Å²) in [6.07, 6.45) is 0.816. The lowest BCUT2D eigenvalue weighted by molar-refractivity contribution is 0.319. The van der Waals surface area contributed by atoms with Crippen molar-refractivity contribution in [3.63, 3.8) is 0 Å².